The Morgan fingerprint density at radius 3 is 2.83 bits per heavy atom. The van der Waals surface area contributed by atoms with E-state index < -0.39 is 6.29 Å². The van der Waals surface area contributed by atoms with E-state index in [1.807, 2.05) is 42.5 Å². The summed E-state index contributed by atoms with van der Waals surface area (Å²) in [6, 6.07) is 15.6. The van der Waals surface area contributed by atoms with Gasteiger partial charge in [-0.15, -0.1) is 0 Å². The molecule has 2 aromatic rings. The first-order valence-corrected chi connectivity index (χ1v) is 14.3. The Labute approximate surface area is 236 Å². The highest BCUT2D eigenvalue weighted by Gasteiger charge is 2.23. The van der Waals surface area contributed by atoms with E-state index in [9.17, 15) is 4.79 Å². The molecule has 4 rings (SSSR count). The van der Waals surface area contributed by atoms with Gasteiger partial charge in [0.1, 0.15) is 5.82 Å². The molecule has 1 aromatic heterocycles. The number of rotatable bonds is 13. The molecule has 0 radical (unpaired) electrons. The number of hydrogen-bond donors (Lipinski definition) is 3. The van der Waals surface area contributed by atoms with Gasteiger partial charge >= 0.3 is 0 Å². The first-order valence-electron chi connectivity index (χ1n) is 14.3. The molecule has 1 saturated heterocycles. The lowest BCUT2D eigenvalue weighted by atomic mass is 10.0. The Kier molecular flexibility index (Phi) is 11.2. The van der Waals surface area contributed by atoms with Crippen LogP contribution < -0.4 is 5.32 Å². The molecule has 3 atom stereocenters. The summed E-state index contributed by atoms with van der Waals surface area (Å²) in [6.07, 6.45) is 8.31. The molecule has 1 amide bonds. The van der Waals surface area contributed by atoms with E-state index in [2.05, 4.69) is 28.4 Å². The molecule has 2 aliphatic rings. The molecule has 0 spiro atoms. The second kappa shape index (κ2) is 15.3. The Morgan fingerprint density at radius 1 is 1.18 bits per heavy atom. The van der Waals surface area contributed by atoms with E-state index in [4.69, 9.17) is 25.4 Å². The number of hydrogen-bond acceptors (Lipinski definition) is 8. The summed E-state index contributed by atoms with van der Waals surface area (Å²) in [4.78, 5) is 22.4. The molecule has 212 valence electrons. The summed E-state index contributed by atoms with van der Waals surface area (Å²) >= 11 is 0. The van der Waals surface area contributed by atoms with Crippen molar-refractivity contribution in [1.82, 2.24) is 4.98 Å². The first kappa shape index (κ1) is 29.4. The number of nitrogens with one attached hydrogen (secondary N) is 3. The van der Waals surface area contributed by atoms with Gasteiger partial charge in [0.25, 0.3) is 0 Å². The lowest BCUT2D eigenvalue weighted by molar-refractivity contribution is -0.162. The number of pyridine rings is 1. The third-order valence-corrected chi connectivity index (χ3v) is 7.13. The molecular formula is C31H40N6O3. The highest BCUT2D eigenvalue weighted by atomic mass is 16.7. The second-order valence-corrected chi connectivity index (χ2v) is 10.3. The van der Waals surface area contributed by atoms with Crippen molar-refractivity contribution in [3.63, 3.8) is 0 Å². The summed E-state index contributed by atoms with van der Waals surface area (Å²) in [7, 11) is 0. The van der Waals surface area contributed by atoms with Gasteiger partial charge in [0.05, 0.1) is 36.5 Å². The predicted molar refractivity (Wildman–Crippen MR) is 156 cm³/mol. The van der Waals surface area contributed by atoms with E-state index in [1.54, 1.807) is 6.07 Å². The van der Waals surface area contributed by atoms with Gasteiger partial charge in [-0.05, 0) is 57.1 Å². The van der Waals surface area contributed by atoms with Crippen LogP contribution in [0.15, 0.2) is 70.3 Å². The molecule has 1 aromatic carbocycles. The molecule has 9 nitrogen and oxygen atoms in total. The van der Waals surface area contributed by atoms with Crippen LogP contribution in [0.5, 0.6) is 0 Å². The van der Waals surface area contributed by atoms with Crippen LogP contribution in [0.3, 0.4) is 0 Å². The van der Waals surface area contributed by atoms with Gasteiger partial charge in [-0.1, -0.05) is 55.0 Å². The number of nitrogens with zero attached hydrogens (tertiary/aromatic N) is 3. The molecule has 40 heavy (non-hydrogen) atoms. The van der Waals surface area contributed by atoms with Crippen LogP contribution >= 0.6 is 0 Å². The minimum Gasteiger partial charge on any atom is -0.352 e. The average Bonchev–Trinajstić information content (AvgIpc) is 3.27. The molecule has 0 saturated carbocycles. The highest BCUT2D eigenvalue weighted by Crippen LogP contribution is 2.26. The van der Waals surface area contributed by atoms with Crippen LogP contribution in [-0.2, 0) is 20.7 Å². The van der Waals surface area contributed by atoms with Gasteiger partial charge in [-0.3, -0.25) is 9.79 Å². The Hall–Kier alpha value is -3.56. The Morgan fingerprint density at radius 2 is 2.02 bits per heavy atom. The zero-order valence-corrected chi connectivity index (χ0v) is 23.3. The molecule has 1 aliphatic heterocycles. The molecule has 3 N–H and O–H groups in total. The summed E-state index contributed by atoms with van der Waals surface area (Å²) in [5, 5.41) is 15.0. The summed E-state index contributed by atoms with van der Waals surface area (Å²) in [5.41, 5.74) is 11.3. The maximum atomic E-state index is 12.7. The zero-order valence-electron chi connectivity index (χ0n) is 23.3. The number of amides is 1. The van der Waals surface area contributed by atoms with Crippen LogP contribution in [0, 0.1) is 10.9 Å². The monoisotopic (exact) mass is 544 g/mol. The maximum absolute atomic E-state index is 12.7. The molecule has 1 aliphatic carbocycles. The van der Waals surface area contributed by atoms with Gasteiger partial charge < -0.3 is 20.2 Å². The normalized spacial score (nSPS) is 21.4. The zero-order chi connectivity index (χ0) is 28.2. The summed E-state index contributed by atoms with van der Waals surface area (Å²) in [6.45, 7) is 3.12. The van der Waals surface area contributed by atoms with Crippen LogP contribution in [0.1, 0.15) is 69.5 Å². The molecule has 1 fully saturated rings. The van der Waals surface area contributed by atoms with Crippen LogP contribution in [-0.4, -0.2) is 53.9 Å². The van der Waals surface area contributed by atoms with E-state index in [1.165, 1.54) is 5.57 Å². The predicted octanol–water partition coefficient (Wildman–Crippen LogP) is 6.29. The largest absolute Gasteiger partial charge is 0.352 e. The van der Waals surface area contributed by atoms with Crippen molar-refractivity contribution < 1.29 is 14.3 Å². The van der Waals surface area contributed by atoms with Gasteiger partial charge in [-0.2, -0.15) is 5.11 Å². The average molecular weight is 545 g/mol. The fourth-order valence-electron chi connectivity index (χ4n) is 5.05. The van der Waals surface area contributed by atoms with Gasteiger partial charge in [0, 0.05) is 24.3 Å². The standard InChI is InChI=1S/C31H40N6O3/c1-2-26-12-8-18-39-30(40-26)21-29(38)37-28-14-6-11-24(35-28)19-22-15-16-25(20-22)36-31(23-9-4-3-5-10-23)27(32)13-7-17-34-33/h3-6,9-11,14-15,25-26,30,32-33H,2,7-8,12-13,16-21H2,1H3,(H,35,37,38). The number of carbonyl (C=O) groups is 1. The maximum Gasteiger partial charge on any atom is 0.230 e. The van der Waals surface area contributed by atoms with Crippen molar-refractivity contribution in [1.29, 1.82) is 10.9 Å². The fourth-order valence-corrected chi connectivity index (χ4v) is 5.05. The molecule has 2 heterocycles. The van der Waals surface area contributed by atoms with Crippen LogP contribution in [0.2, 0.25) is 0 Å². The van der Waals surface area contributed by atoms with Crippen molar-refractivity contribution in [2.75, 3.05) is 18.5 Å². The quantitative estimate of drug-likeness (QED) is 0.118. The van der Waals surface area contributed by atoms with E-state index >= 15 is 0 Å². The van der Waals surface area contributed by atoms with Crippen molar-refractivity contribution in [2.24, 2.45) is 10.1 Å². The minimum absolute atomic E-state index is 0.0702. The van der Waals surface area contributed by atoms with Crippen molar-refractivity contribution >= 4 is 23.1 Å². The van der Waals surface area contributed by atoms with Gasteiger partial charge in [0.15, 0.2) is 6.29 Å². The van der Waals surface area contributed by atoms with Crippen LogP contribution in [0.25, 0.3) is 0 Å². The third kappa shape index (κ3) is 8.99. The van der Waals surface area contributed by atoms with Crippen molar-refractivity contribution in [3.05, 3.63) is 71.4 Å². The summed E-state index contributed by atoms with van der Waals surface area (Å²) in [5.74, 6) is 0.351. The molecule has 0 bridgehead atoms. The number of ether oxygens (including phenoxy) is 2. The highest BCUT2D eigenvalue weighted by molar-refractivity contribution is 6.47. The number of aliphatic imine (C=N–C) groups is 1. The number of aromatic nitrogens is 1. The second-order valence-electron chi connectivity index (χ2n) is 10.3. The lowest BCUT2D eigenvalue weighted by Gasteiger charge is -2.19. The van der Waals surface area contributed by atoms with Crippen LogP contribution in [0.4, 0.5) is 5.82 Å². The van der Waals surface area contributed by atoms with Crippen molar-refractivity contribution in [2.45, 2.75) is 83.1 Å². The Balaban J connectivity index is 1.33. The van der Waals surface area contributed by atoms with E-state index in [0.717, 1.165) is 49.1 Å². The molecular weight excluding hydrogens is 504 g/mol. The topological polar surface area (TPSA) is 133 Å². The smallest absolute Gasteiger partial charge is 0.230 e. The number of anilines is 1. The number of benzene rings is 1. The van der Waals surface area contributed by atoms with Gasteiger partial charge in [-0.25, -0.2) is 10.5 Å². The molecule has 3 unspecified atom stereocenters. The third-order valence-electron chi connectivity index (χ3n) is 7.13. The molecule has 9 heteroatoms. The van der Waals surface area contributed by atoms with Gasteiger partial charge in [0.2, 0.25) is 5.91 Å². The number of carbonyl (C=O) groups excluding carboxylic acids is 1. The first-order chi connectivity index (χ1) is 19.5. The fraction of sp³-hybridized carbons (Fsp3) is 0.484. The Bertz CT molecular complexity index is 1210. The lowest BCUT2D eigenvalue weighted by Crippen LogP contribution is -2.27. The summed E-state index contributed by atoms with van der Waals surface area (Å²) < 4.78 is 11.7. The van der Waals surface area contributed by atoms with E-state index in [0.29, 0.717) is 43.9 Å². The van der Waals surface area contributed by atoms with E-state index in [-0.39, 0.29) is 24.5 Å². The van der Waals surface area contributed by atoms with Crippen molar-refractivity contribution in [3.8, 4) is 0 Å². The SMILES string of the molecule is CCC1CCCOC(CC(=O)Nc2cccc(CC3=CCC(N=C(C(=N)CCCN=N)c4ccccc4)C3)n2)O1. The minimum atomic E-state index is -0.522.